The SMILES string of the molecule is COc1cccc([C@H](C)Nc2nc(N(C)CCN3CCOCC3)nc3c(C(C)C)cnn23)c1. The van der Waals surface area contributed by atoms with Gasteiger partial charge in [0.15, 0.2) is 5.65 Å². The van der Waals surface area contributed by atoms with Gasteiger partial charge in [-0.3, -0.25) is 4.90 Å². The maximum Gasteiger partial charge on any atom is 0.230 e. The van der Waals surface area contributed by atoms with Gasteiger partial charge in [0.1, 0.15) is 5.75 Å². The third-order valence-electron chi connectivity index (χ3n) is 6.14. The number of nitrogens with one attached hydrogen (secondary N) is 1. The van der Waals surface area contributed by atoms with Crippen molar-refractivity contribution in [1.82, 2.24) is 24.5 Å². The van der Waals surface area contributed by atoms with Gasteiger partial charge in [-0.2, -0.15) is 19.6 Å². The Morgan fingerprint density at radius 1 is 1.18 bits per heavy atom. The summed E-state index contributed by atoms with van der Waals surface area (Å²) in [5, 5.41) is 8.15. The van der Waals surface area contributed by atoms with Gasteiger partial charge in [-0.15, -0.1) is 0 Å². The molecule has 1 aromatic carbocycles. The molecule has 33 heavy (non-hydrogen) atoms. The van der Waals surface area contributed by atoms with Crippen LogP contribution in [0.2, 0.25) is 0 Å². The Morgan fingerprint density at radius 2 is 1.97 bits per heavy atom. The molecule has 0 saturated carbocycles. The number of nitrogens with zero attached hydrogens (tertiary/aromatic N) is 6. The van der Waals surface area contributed by atoms with E-state index in [0.29, 0.717) is 17.8 Å². The molecular formula is C24H35N7O2. The van der Waals surface area contributed by atoms with E-state index in [2.05, 4.69) is 47.1 Å². The average Bonchev–Trinajstić information content (AvgIpc) is 3.28. The van der Waals surface area contributed by atoms with Crippen molar-refractivity contribution in [2.24, 2.45) is 0 Å². The smallest absolute Gasteiger partial charge is 0.230 e. The van der Waals surface area contributed by atoms with Crippen LogP contribution in [0.5, 0.6) is 5.75 Å². The molecule has 1 aliphatic rings. The first-order valence-electron chi connectivity index (χ1n) is 11.6. The van der Waals surface area contributed by atoms with Crippen molar-refractivity contribution in [1.29, 1.82) is 0 Å². The van der Waals surface area contributed by atoms with Gasteiger partial charge in [0.25, 0.3) is 0 Å². The van der Waals surface area contributed by atoms with Crippen LogP contribution < -0.4 is 15.0 Å². The van der Waals surface area contributed by atoms with Crippen molar-refractivity contribution in [2.45, 2.75) is 32.7 Å². The molecule has 1 aliphatic heterocycles. The number of aromatic nitrogens is 4. The largest absolute Gasteiger partial charge is 0.497 e. The normalized spacial score (nSPS) is 15.7. The summed E-state index contributed by atoms with van der Waals surface area (Å²) in [6.45, 7) is 11.8. The van der Waals surface area contributed by atoms with Crippen molar-refractivity contribution in [3.05, 3.63) is 41.6 Å². The zero-order chi connectivity index (χ0) is 23.4. The lowest BCUT2D eigenvalue weighted by atomic mass is 10.1. The second-order valence-electron chi connectivity index (χ2n) is 8.86. The number of ether oxygens (including phenoxy) is 2. The van der Waals surface area contributed by atoms with E-state index < -0.39 is 0 Å². The summed E-state index contributed by atoms with van der Waals surface area (Å²) < 4.78 is 12.7. The molecular weight excluding hydrogens is 418 g/mol. The number of hydrogen-bond acceptors (Lipinski definition) is 8. The second-order valence-corrected chi connectivity index (χ2v) is 8.86. The maximum atomic E-state index is 5.46. The molecule has 0 radical (unpaired) electrons. The van der Waals surface area contributed by atoms with E-state index in [1.165, 1.54) is 0 Å². The summed E-state index contributed by atoms with van der Waals surface area (Å²) in [5.74, 6) is 2.51. The van der Waals surface area contributed by atoms with Crippen LogP contribution in [0.15, 0.2) is 30.5 Å². The van der Waals surface area contributed by atoms with Crippen LogP contribution >= 0.6 is 0 Å². The fourth-order valence-electron chi connectivity index (χ4n) is 3.96. The third-order valence-corrected chi connectivity index (χ3v) is 6.14. The molecule has 2 aromatic heterocycles. The molecule has 1 fully saturated rings. The predicted molar refractivity (Wildman–Crippen MR) is 130 cm³/mol. The number of anilines is 2. The summed E-state index contributed by atoms with van der Waals surface area (Å²) in [6.07, 6.45) is 1.90. The van der Waals surface area contributed by atoms with Gasteiger partial charge in [0.2, 0.25) is 11.9 Å². The fraction of sp³-hybridized carbons (Fsp3) is 0.542. The van der Waals surface area contributed by atoms with Crippen LogP contribution in [-0.4, -0.2) is 78.0 Å². The molecule has 4 rings (SSSR count). The van der Waals surface area contributed by atoms with Crippen molar-refractivity contribution in [2.75, 3.05) is 63.8 Å². The van der Waals surface area contributed by atoms with E-state index in [-0.39, 0.29) is 6.04 Å². The molecule has 1 atom stereocenters. The summed E-state index contributed by atoms with van der Waals surface area (Å²) in [6, 6.07) is 8.07. The summed E-state index contributed by atoms with van der Waals surface area (Å²) in [4.78, 5) is 14.3. The minimum atomic E-state index is 0.0106. The minimum Gasteiger partial charge on any atom is -0.497 e. The fourth-order valence-corrected chi connectivity index (χ4v) is 3.96. The first-order chi connectivity index (χ1) is 16.0. The maximum absolute atomic E-state index is 5.46. The monoisotopic (exact) mass is 453 g/mol. The molecule has 1 saturated heterocycles. The van der Waals surface area contributed by atoms with Gasteiger partial charge in [0.05, 0.1) is 32.6 Å². The van der Waals surface area contributed by atoms with Crippen molar-refractivity contribution in [3.8, 4) is 5.75 Å². The number of methoxy groups -OCH3 is 1. The average molecular weight is 454 g/mol. The number of rotatable bonds is 9. The van der Waals surface area contributed by atoms with Crippen molar-refractivity contribution in [3.63, 3.8) is 0 Å². The molecule has 0 spiro atoms. The highest BCUT2D eigenvalue weighted by Gasteiger charge is 2.19. The lowest BCUT2D eigenvalue weighted by Gasteiger charge is -2.28. The highest BCUT2D eigenvalue weighted by atomic mass is 16.5. The standard InChI is InChI=1S/C24H35N7O2/c1-17(2)21-16-25-31-22(21)27-23(29(4)9-10-30-11-13-33-14-12-30)28-24(31)26-18(3)19-7-6-8-20(15-19)32-5/h6-8,15-18H,9-14H2,1-5H3,(H,26,27,28)/t18-/m0/s1. The Bertz CT molecular complexity index is 1060. The van der Waals surface area contributed by atoms with E-state index in [4.69, 9.17) is 19.4 Å². The molecule has 0 aliphatic carbocycles. The topological polar surface area (TPSA) is 80.0 Å². The van der Waals surface area contributed by atoms with Crippen LogP contribution in [0.25, 0.3) is 5.65 Å². The van der Waals surface area contributed by atoms with E-state index in [9.17, 15) is 0 Å². The molecule has 3 aromatic rings. The molecule has 0 bridgehead atoms. The number of benzene rings is 1. The van der Waals surface area contributed by atoms with E-state index in [1.54, 1.807) is 7.11 Å². The van der Waals surface area contributed by atoms with Gasteiger partial charge >= 0.3 is 0 Å². The lowest BCUT2D eigenvalue weighted by Crippen LogP contribution is -2.41. The second kappa shape index (κ2) is 10.4. The van der Waals surface area contributed by atoms with Gasteiger partial charge in [-0.05, 0) is 30.5 Å². The molecule has 0 amide bonds. The van der Waals surface area contributed by atoms with Gasteiger partial charge in [0, 0.05) is 38.8 Å². The summed E-state index contributed by atoms with van der Waals surface area (Å²) in [5.41, 5.74) is 3.06. The van der Waals surface area contributed by atoms with Crippen LogP contribution in [0.4, 0.5) is 11.9 Å². The molecule has 1 N–H and O–H groups in total. The van der Waals surface area contributed by atoms with Crippen LogP contribution in [0.3, 0.4) is 0 Å². The van der Waals surface area contributed by atoms with E-state index in [0.717, 1.165) is 61.9 Å². The number of likely N-dealkylation sites (N-methyl/N-ethyl adjacent to an activating group) is 1. The summed E-state index contributed by atoms with van der Waals surface area (Å²) >= 11 is 0. The number of hydrogen-bond donors (Lipinski definition) is 1. The predicted octanol–water partition coefficient (Wildman–Crippen LogP) is 3.20. The Kier molecular flexibility index (Phi) is 7.29. The first kappa shape index (κ1) is 23.3. The highest BCUT2D eigenvalue weighted by Crippen LogP contribution is 2.26. The zero-order valence-electron chi connectivity index (χ0n) is 20.3. The Balaban J connectivity index is 1.61. The Hall–Kier alpha value is -2.91. The minimum absolute atomic E-state index is 0.0106. The number of morpholine rings is 1. The van der Waals surface area contributed by atoms with E-state index in [1.807, 2.05) is 36.0 Å². The molecule has 0 unspecified atom stereocenters. The molecule has 178 valence electrons. The molecule has 9 nitrogen and oxygen atoms in total. The van der Waals surface area contributed by atoms with Gasteiger partial charge in [-0.1, -0.05) is 26.0 Å². The Morgan fingerprint density at radius 3 is 2.70 bits per heavy atom. The van der Waals surface area contributed by atoms with Crippen LogP contribution in [0, 0.1) is 0 Å². The lowest BCUT2D eigenvalue weighted by molar-refractivity contribution is 0.0392. The highest BCUT2D eigenvalue weighted by molar-refractivity contribution is 5.56. The number of fused-ring (bicyclic) bond motifs is 1. The van der Waals surface area contributed by atoms with Gasteiger partial charge in [-0.25, -0.2) is 0 Å². The van der Waals surface area contributed by atoms with Crippen LogP contribution in [0.1, 0.15) is 43.9 Å². The quantitative estimate of drug-likeness (QED) is 0.529. The Labute approximate surface area is 195 Å². The van der Waals surface area contributed by atoms with Crippen LogP contribution in [-0.2, 0) is 4.74 Å². The van der Waals surface area contributed by atoms with Gasteiger partial charge < -0.3 is 19.7 Å². The summed E-state index contributed by atoms with van der Waals surface area (Å²) in [7, 11) is 3.73. The van der Waals surface area contributed by atoms with Crippen molar-refractivity contribution >= 4 is 17.5 Å². The van der Waals surface area contributed by atoms with Crippen molar-refractivity contribution < 1.29 is 9.47 Å². The molecule has 9 heteroatoms. The first-order valence-corrected chi connectivity index (χ1v) is 11.6. The molecule has 3 heterocycles. The third kappa shape index (κ3) is 5.36. The van der Waals surface area contributed by atoms with E-state index >= 15 is 0 Å². The zero-order valence-corrected chi connectivity index (χ0v) is 20.3.